The first kappa shape index (κ1) is 20.0. The second-order valence-electron chi connectivity index (χ2n) is 6.81. The number of phenols is 1. The lowest BCUT2D eigenvalue weighted by molar-refractivity contribution is 0.116. The summed E-state index contributed by atoms with van der Waals surface area (Å²) in [6.07, 6.45) is 2.74. The molecule has 0 amide bonds. The Hall–Kier alpha value is -1.74. The summed E-state index contributed by atoms with van der Waals surface area (Å²) < 4.78 is 1.78. The fraction of sp³-hybridized carbons (Fsp3) is 0.444. The van der Waals surface area contributed by atoms with E-state index < -0.39 is 17.0 Å². The van der Waals surface area contributed by atoms with Gasteiger partial charge in [0.25, 0.3) is 10.9 Å². The van der Waals surface area contributed by atoms with Gasteiger partial charge in [0, 0.05) is 0 Å². The third kappa shape index (κ3) is 4.08. The molecule has 0 radical (unpaired) electrons. The van der Waals surface area contributed by atoms with Crippen LogP contribution in [0.15, 0.2) is 26.6 Å². The minimum Gasteiger partial charge on any atom is -0.505 e. The minimum atomic E-state index is -0.654. The fourth-order valence-corrected chi connectivity index (χ4v) is 4.14. The first-order valence-electron chi connectivity index (χ1n) is 8.71. The Kier molecular flexibility index (Phi) is 6.00. The average molecular weight is 412 g/mol. The monoisotopic (exact) mass is 411 g/mol. The Morgan fingerprint density at radius 2 is 1.81 bits per heavy atom. The van der Waals surface area contributed by atoms with Crippen molar-refractivity contribution in [2.75, 3.05) is 24.7 Å². The molecule has 146 valence electrons. The molecule has 4 N–H and O–H groups in total. The van der Waals surface area contributed by atoms with E-state index in [1.54, 1.807) is 16.4 Å². The molecule has 2 atom stereocenters. The number of aromatic hydroxyl groups is 1. The van der Waals surface area contributed by atoms with Crippen LogP contribution in [-0.4, -0.2) is 40.8 Å². The Labute approximate surface area is 166 Å². The molecule has 1 aliphatic carbocycles. The number of nitrogens with one attached hydrogen (secondary N) is 2. The van der Waals surface area contributed by atoms with Crippen molar-refractivity contribution in [2.45, 2.75) is 42.7 Å². The molecule has 1 saturated carbocycles. The van der Waals surface area contributed by atoms with Crippen LogP contribution in [0, 0.1) is 0 Å². The molecule has 0 saturated heterocycles. The lowest BCUT2D eigenvalue weighted by atomic mass is 9.92. The number of phenolic OH excluding ortho intramolecular Hbond substituents is 1. The molecule has 3 rings (SSSR count). The van der Waals surface area contributed by atoms with E-state index in [9.17, 15) is 19.8 Å². The third-order valence-electron chi connectivity index (χ3n) is 4.59. The number of anilines is 3. The van der Waals surface area contributed by atoms with Gasteiger partial charge in [-0.2, -0.15) is 0 Å². The van der Waals surface area contributed by atoms with E-state index in [2.05, 4.69) is 10.6 Å². The van der Waals surface area contributed by atoms with Gasteiger partial charge in [-0.3, -0.25) is 13.9 Å². The molecule has 0 aliphatic heterocycles. The minimum absolute atomic E-state index is 0.0937. The van der Waals surface area contributed by atoms with E-state index in [4.69, 9.17) is 11.6 Å². The second-order valence-corrected chi connectivity index (χ2v) is 8.54. The highest BCUT2D eigenvalue weighted by Gasteiger charge is 2.29. The summed E-state index contributed by atoms with van der Waals surface area (Å²) in [4.78, 5) is 24.5. The molecule has 1 fully saturated rings. The van der Waals surface area contributed by atoms with E-state index in [1.165, 1.54) is 11.9 Å². The number of aliphatic hydroxyl groups is 1. The van der Waals surface area contributed by atoms with Gasteiger partial charge in [-0.25, -0.2) is 0 Å². The Morgan fingerprint density at radius 1 is 1.15 bits per heavy atom. The summed E-state index contributed by atoms with van der Waals surface area (Å²) in [6.45, 7) is 0. The molecule has 0 aromatic heterocycles. The SMILES string of the molecule is CN(C)Sc1c(Cl)ccc(Nc2c(N[C@H]3CCCCC3O)c(=O)c2=O)c1O. The molecule has 2 aromatic carbocycles. The quantitative estimate of drug-likeness (QED) is 0.327. The van der Waals surface area contributed by atoms with E-state index in [1.807, 2.05) is 14.1 Å². The molecule has 0 bridgehead atoms. The summed E-state index contributed by atoms with van der Waals surface area (Å²) in [7, 11) is 3.63. The van der Waals surface area contributed by atoms with Crippen LogP contribution in [0.25, 0.3) is 0 Å². The number of hydrogen-bond acceptors (Lipinski definition) is 8. The zero-order valence-electron chi connectivity index (χ0n) is 15.1. The number of hydrogen-bond donors (Lipinski definition) is 4. The van der Waals surface area contributed by atoms with Gasteiger partial charge >= 0.3 is 0 Å². The summed E-state index contributed by atoms with van der Waals surface area (Å²) in [5, 5.41) is 26.8. The van der Waals surface area contributed by atoms with Crippen molar-refractivity contribution in [2.24, 2.45) is 0 Å². The van der Waals surface area contributed by atoms with E-state index in [0.717, 1.165) is 19.3 Å². The Balaban J connectivity index is 1.86. The molecular weight excluding hydrogens is 390 g/mol. The zero-order valence-corrected chi connectivity index (χ0v) is 16.7. The number of halogens is 1. The number of benzene rings is 1. The summed E-state index contributed by atoms with van der Waals surface area (Å²) in [5.41, 5.74) is -0.744. The normalized spacial score (nSPS) is 20.2. The number of nitrogens with zero attached hydrogens (tertiary/aromatic N) is 1. The van der Waals surface area contributed by atoms with Gasteiger partial charge in [-0.1, -0.05) is 24.4 Å². The van der Waals surface area contributed by atoms with E-state index >= 15 is 0 Å². The van der Waals surface area contributed by atoms with Crippen molar-refractivity contribution >= 4 is 40.6 Å². The molecule has 2 aromatic rings. The Morgan fingerprint density at radius 3 is 2.48 bits per heavy atom. The maximum Gasteiger partial charge on any atom is 0.253 e. The maximum atomic E-state index is 12.0. The van der Waals surface area contributed by atoms with Crippen LogP contribution in [0.1, 0.15) is 25.7 Å². The topological polar surface area (TPSA) is 102 Å². The van der Waals surface area contributed by atoms with Gasteiger partial charge < -0.3 is 20.8 Å². The summed E-state index contributed by atoms with van der Waals surface area (Å²) >= 11 is 7.39. The molecule has 0 heterocycles. The predicted molar refractivity (Wildman–Crippen MR) is 109 cm³/mol. The maximum absolute atomic E-state index is 12.0. The second kappa shape index (κ2) is 8.10. The van der Waals surface area contributed by atoms with Crippen LogP contribution in [0.3, 0.4) is 0 Å². The van der Waals surface area contributed by atoms with Gasteiger partial charge in [-0.05, 0) is 51.0 Å². The first-order chi connectivity index (χ1) is 12.8. The zero-order chi connectivity index (χ0) is 19.7. The molecule has 9 heteroatoms. The largest absolute Gasteiger partial charge is 0.505 e. The van der Waals surface area contributed by atoms with Crippen molar-refractivity contribution < 1.29 is 10.2 Å². The molecule has 1 aliphatic rings. The Bertz CT molecular complexity index is 911. The standard InChI is InChI=1S/C18H22ClN3O4S/c1-22(2)27-18-9(19)7-8-11(15(18)24)21-14-13(16(25)17(14)26)20-10-5-3-4-6-12(10)23/h7-8,10,12,20-21,23-24H,3-6H2,1-2H3/t10-,12?/m0/s1. The van der Waals surface area contributed by atoms with Gasteiger partial charge in [0.05, 0.1) is 27.8 Å². The van der Waals surface area contributed by atoms with Crippen molar-refractivity contribution in [1.29, 1.82) is 0 Å². The number of rotatable bonds is 6. The molecule has 1 unspecified atom stereocenters. The highest BCUT2D eigenvalue weighted by Crippen LogP contribution is 2.42. The van der Waals surface area contributed by atoms with E-state index in [-0.39, 0.29) is 28.9 Å². The summed E-state index contributed by atoms with van der Waals surface area (Å²) in [6, 6.07) is 2.90. The van der Waals surface area contributed by atoms with Crippen molar-refractivity contribution in [3.8, 4) is 5.75 Å². The predicted octanol–water partition coefficient (Wildman–Crippen LogP) is 2.67. The molecular formula is C18H22ClN3O4S. The van der Waals surface area contributed by atoms with Crippen LogP contribution in [0.5, 0.6) is 5.75 Å². The lowest BCUT2D eigenvalue weighted by Crippen LogP contribution is -2.43. The lowest BCUT2D eigenvalue weighted by Gasteiger charge is -2.30. The first-order valence-corrected chi connectivity index (χ1v) is 9.86. The van der Waals surface area contributed by atoms with Crippen LogP contribution in [0.4, 0.5) is 17.1 Å². The van der Waals surface area contributed by atoms with Crippen LogP contribution in [0.2, 0.25) is 5.02 Å². The third-order valence-corrected chi connectivity index (χ3v) is 5.97. The van der Waals surface area contributed by atoms with Crippen LogP contribution >= 0.6 is 23.5 Å². The van der Waals surface area contributed by atoms with Crippen LogP contribution < -0.4 is 21.5 Å². The summed E-state index contributed by atoms with van der Waals surface area (Å²) in [5.74, 6) is -0.0992. The smallest absolute Gasteiger partial charge is 0.253 e. The van der Waals surface area contributed by atoms with Gasteiger partial charge in [-0.15, -0.1) is 0 Å². The fourth-order valence-electron chi connectivity index (χ4n) is 3.17. The molecule has 7 nitrogen and oxygen atoms in total. The van der Waals surface area contributed by atoms with Crippen molar-refractivity contribution in [3.05, 3.63) is 37.6 Å². The molecule has 27 heavy (non-hydrogen) atoms. The van der Waals surface area contributed by atoms with Gasteiger partial charge in [0.15, 0.2) is 5.75 Å². The van der Waals surface area contributed by atoms with Crippen molar-refractivity contribution in [1.82, 2.24) is 4.31 Å². The van der Waals surface area contributed by atoms with E-state index in [0.29, 0.717) is 16.3 Å². The highest BCUT2D eigenvalue weighted by molar-refractivity contribution is 7.97. The highest BCUT2D eigenvalue weighted by atomic mass is 35.5. The van der Waals surface area contributed by atoms with Crippen molar-refractivity contribution in [3.63, 3.8) is 0 Å². The molecule has 0 spiro atoms. The average Bonchev–Trinajstić information content (AvgIpc) is 2.64. The van der Waals surface area contributed by atoms with Crippen LogP contribution in [-0.2, 0) is 0 Å². The van der Waals surface area contributed by atoms with Gasteiger partial charge in [0.2, 0.25) is 0 Å². The van der Waals surface area contributed by atoms with Gasteiger partial charge in [0.1, 0.15) is 11.4 Å². The number of aliphatic hydroxyl groups excluding tert-OH is 1.